The number of hydrogen-bond donors (Lipinski definition) is 2. The van der Waals surface area contributed by atoms with Crippen LogP contribution in [0, 0.1) is 19.8 Å². The number of amides is 2. The molecule has 0 saturated heterocycles. The maximum atomic E-state index is 13.2. The number of rotatable bonds is 10. The van der Waals surface area contributed by atoms with E-state index < -0.39 is 29.7 Å². The highest BCUT2D eigenvalue weighted by Crippen LogP contribution is 2.30. The number of nitrogens with one attached hydrogen (secondary N) is 2. The lowest BCUT2D eigenvalue weighted by Crippen LogP contribution is -2.51. The summed E-state index contributed by atoms with van der Waals surface area (Å²) in [6.07, 6.45) is 1.37. The number of carbonyl (C=O) groups excluding carboxylic acids is 3. The van der Waals surface area contributed by atoms with E-state index in [1.54, 1.807) is 32.8 Å². The van der Waals surface area contributed by atoms with E-state index in [0.29, 0.717) is 0 Å². The molecule has 206 valence electrons. The van der Waals surface area contributed by atoms with Crippen LogP contribution in [0.1, 0.15) is 59.6 Å². The van der Waals surface area contributed by atoms with Gasteiger partial charge in [0.2, 0.25) is 5.75 Å². The van der Waals surface area contributed by atoms with Gasteiger partial charge in [0, 0.05) is 19.3 Å². The van der Waals surface area contributed by atoms with Gasteiger partial charge in [-0.25, -0.2) is 9.99 Å². The minimum Gasteiger partial charge on any atom is -0.493 e. The smallest absolute Gasteiger partial charge is 0.313 e. The Morgan fingerprint density at radius 1 is 0.872 bits per heavy atom. The van der Waals surface area contributed by atoms with E-state index in [9.17, 15) is 14.4 Å². The molecule has 9 nitrogen and oxygen atoms in total. The first-order valence-electron chi connectivity index (χ1n) is 12.7. The van der Waals surface area contributed by atoms with Gasteiger partial charge in [-0.3, -0.25) is 19.8 Å². The Balaban J connectivity index is 1.78. The Labute approximate surface area is 229 Å². The Hall–Kier alpha value is -4.24. The van der Waals surface area contributed by atoms with E-state index in [2.05, 4.69) is 15.7 Å². The highest BCUT2D eigenvalue weighted by Gasteiger charge is 2.27. The van der Waals surface area contributed by atoms with Crippen molar-refractivity contribution < 1.29 is 23.9 Å². The Kier molecular flexibility index (Phi) is 9.78. The third kappa shape index (κ3) is 7.42. The molecule has 0 saturated carbocycles. The number of aryl methyl sites for hydroxylation is 2. The van der Waals surface area contributed by atoms with Gasteiger partial charge in [0.15, 0.2) is 11.4 Å². The molecule has 2 amide bonds. The van der Waals surface area contributed by atoms with Crippen LogP contribution in [-0.4, -0.2) is 48.0 Å². The van der Waals surface area contributed by atoms with Crippen molar-refractivity contribution in [2.75, 3.05) is 14.2 Å². The standard InChI is InChI=1S/C30H36N4O5/c1-18(2)30(37)39-27-24(38-7)16-17-31-25(27)29(36)32-21(5)28(35)33-34(6)26(22-12-8-19(3)9-13-22)23-14-10-20(4)11-15-23/h8-18,21,26H,1-7H3,(H,32,36)(H,33,35)/t21-/m0/s1. The predicted octanol–water partition coefficient (Wildman–Crippen LogP) is 4.14. The van der Waals surface area contributed by atoms with Gasteiger partial charge in [-0.1, -0.05) is 73.5 Å². The fourth-order valence-electron chi connectivity index (χ4n) is 3.87. The third-order valence-corrected chi connectivity index (χ3v) is 6.18. The monoisotopic (exact) mass is 532 g/mol. The summed E-state index contributed by atoms with van der Waals surface area (Å²) in [5, 5.41) is 4.36. The van der Waals surface area contributed by atoms with Crippen molar-refractivity contribution in [3.63, 3.8) is 0 Å². The summed E-state index contributed by atoms with van der Waals surface area (Å²) >= 11 is 0. The molecule has 39 heavy (non-hydrogen) atoms. The SMILES string of the molecule is COc1ccnc(C(=O)N[C@@H](C)C(=O)NN(C)C(c2ccc(C)cc2)c2ccc(C)cc2)c1OC(=O)C(C)C. The summed E-state index contributed by atoms with van der Waals surface area (Å²) in [6.45, 7) is 8.95. The molecule has 3 aromatic rings. The lowest BCUT2D eigenvalue weighted by Gasteiger charge is -2.30. The van der Waals surface area contributed by atoms with Crippen LogP contribution in [0.25, 0.3) is 0 Å². The fourth-order valence-corrected chi connectivity index (χ4v) is 3.87. The quantitative estimate of drug-likeness (QED) is 0.298. The molecule has 2 aromatic carbocycles. The van der Waals surface area contributed by atoms with Crippen LogP contribution in [0.5, 0.6) is 11.5 Å². The van der Waals surface area contributed by atoms with Crippen LogP contribution in [0.2, 0.25) is 0 Å². The molecule has 0 aliphatic heterocycles. The van der Waals surface area contributed by atoms with Gasteiger partial charge in [-0.05, 0) is 31.9 Å². The van der Waals surface area contributed by atoms with Gasteiger partial charge < -0.3 is 14.8 Å². The van der Waals surface area contributed by atoms with Gasteiger partial charge in [0.1, 0.15) is 6.04 Å². The van der Waals surface area contributed by atoms with Crippen molar-refractivity contribution >= 4 is 17.8 Å². The molecule has 9 heteroatoms. The van der Waals surface area contributed by atoms with Crippen LogP contribution < -0.4 is 20.2 Å². The second-order valence-electron chi connectivity index (χ2n) is 9.77. The predicted molar refractivity (Wildman–Crippen MR) is 148 cm³/mol. The number of hydrazine groups is 1. The summed E-state index contributed by atoms with van der Waals surface area (Å²) < 4.78 is 10.7. The van der Waals surface area contributed by atoms with Crippen LogP contribution >= 0.6 is 0 Å². The topological polar surface area (TPSA) is 110 Å². The highest BCUT2D eigenvalue weighted by atomic mass is 16.6. The van der Waals surface area contributed by atoms with Crippen molar-refractivity contribution in [3.8, 4) is 11.5 Å². The molecule has 1 atom stereocenters. The third-order valence-electron chi connectivity index (χ3n) is 6.18. The number of benzene rings is 2. The molecule has 3 rings (SSSR count). The first kappa shape index (κ1) is 29.3. The molecule has 0 radical (unpaired) electrons. The number of aromatic nitrogens is 1. The van der Waals surface area contributed by atoms with E-state index in [1.807, 2.05) is 62.4 Å². The Bertz CT molecular complexity index is 1260. The zero-order valence-corrected chi connectivity index (χ0v) is 23.4. The van der Waals surface area contributed by atoms with Crippen molar-refractivity contribution in [3.05, 3.63) is 88.7 Å². The maximum absolute atomic E-state index is 13.2. The van der Waals surface area contributed by atoms with Crippen molar-refractivity contribution in [1.29, 1.82) is 0 Å². The van der Waals surface area contributed by atoms with Gasteiger partial charge in [-0.2, -0.15) is 0 Å². The molecule has 0 bridgehead atoms. The van der Waals surface area contributed by atoms with E-state index in [1.165, 1.54) is 19.4 Å². The van der Waals surface area contributed by atoms with Crippen LogP contribution in [0.3, 0.4) is 0 Å². The number of hydrogen-bond acceptors (Lipinski definition) is 7. The zero-order chi connectivity index (χ0) is 28.7. The van der Waals surface area contributed by atoms with Crippen molar-refractivity contribution in [2.24, 2.45) is 5.92 Å². The molecule has 0 fully saturated rings. The molecule has 2 N–H and O–H groups in total. The number of carbonyl (C=O) groups is 3. The highest BCUT2D eigenvalue weighted by molar-refractivity contribution is 5.99. The molecule has 1 aromatic heterocycles. The summed E-state index contributed by atoms with van der Waals surface area (Å²) in [5.41, 5.74) is 7.01. The Morgan fingerprint density at radius 2 is 1.41 bits per heavy atom. The first-order chi connectivity index (χ1) is 18.5. The average Bonchev–Trinajstić information content (AvgIpc) is 2.90. The minimum absolute atomic E-state index is 0.0975. The van der Waals surface area contributed by atoms with Gasteiger partial charge in [0.05, 0.1) is 19.1 Å². The molecule has 0 spiro atoms. The average molecular weight is 533 g/mol. The first-order valence-corrected chi connectivity index (χ1v) is 12.7. The van der Waals surface area contributed by atoms with E-state index in [0.717, 1.165) is 22.3 Å². The summed E-state index contributed by atoms with van der Waals surface area (Å²) in [6, 6.07) is 16.5. The lowest BCUT2D eigenvalue weighted by atomic mass is 9.97. The molecule has 1 heterocycles. The number of esters is 1. The number of ether oxygens (including phenoxy) is 2. The van der Waals surface area contributed by atoms with Crippen LogP contribution in [0.4, 0.5) is 0 Å². The van der Waals surface area contributed by atoms with Crippen molar-refractivity contribution in [2.45, 2.75) is 46.7 Å². The van der Waals surface area contributed by atoms with Crippen molar-refractivity contribution in [1.82, 2.24) is 20.7 Å². The van der Waals surface area contributed by atoms with Gasteiger partial charge in [-0.15, -0.1) is 0 Å². The normalized spacial score (nSPS) is 11.8. The largest absolute Gasteiger partial charge is 0.493 e. The van der Waals surface area contributed by atoms with Crippen LogP contribution in [0.15, 0.2) is 60.8 Å². The molecule has 0 aliphatic rings. The summed E-state index contributed by atoms with van der Waals surface area (Å²) in [5.74, 6) is -2.00. The number of pyridine rings is 1. The molecule has 0 unspecified atom stereocenters. The maximum Gasteiger partial charge on any atom is 0.313 e. The molecular weight excluding hydrogens is 496 g/mol. The second kappa shape index (κ2) is 13.0. The van der Waals surface area contributed by atoms with E-state index >= 15 is 0 Å². The number of methoxy groups -OCH3 is 1. The number of nitrogens with zero attached hydrogens (tertiary/aromatic N) is 2. The zero-order valence-electron chi connectivity index (χ0n) is 23.4. The van der Waals surface area contributed by atoms with Crippen LogP contribution in [-0.2, 0) is 9.59 Å². The minimum atomic E-state index is -0.932. The Morgan fingerprint density at radius 3 is 1.90 bits per heavy atom. The van der Waals surface area contributed by atoms with E-state index in [4.69, 9.17) is 9.47 Å². The molecular formula is C30H36N4O5. The lowest BCUT2D eigenvalue weighted by molar-refractivity contribution is -0.138. The molecule has 0 aliphatic carbocycles. The summed E-state index contributed by atoms with van der Waals surface area (Å²) in [4.78, 5) is 42.6. The van der Waals surface area contributed by atoms with Gasteiger partial charge in [0.25, 0.3) is 11.8 Å². The second-order valence-corrected chi connectivity index (χ2v) is 9.77. The fraction of sp³-hybridized carbons (Fsp3) is 0.333. The summed E-state index contributed by atoms with van der Waals surface area (Å²) in [7, 11) is 3.18. The van der Waals surface area contributed by atoms with E-state index in [-0.39, 0.29) is 23.2 Å². The van der Waals surface area contributed by atoms with Gasteiger partial charge >= 0.3 is 5.97 Å².